The van der Waals surface area contributed by atoms with Crippen LogP contribution in [0.15, 0.2) is 170 Å². The van der Waals surface area contributed by atoms with Crippen molar-refractivity contribution in [3.63, 3.8) is 0 Å². The molecule has 3 heteroatoms. The minimum atomic E-state index is -0.156. The van der Waals surface area contributed by atoms with Crippen molar-refractivity contribution in [1.29, 1.82) is 0 Å². The van der Waals surface area contributed by atoms with Crippen molar-refractivity contribution in [1.82, 2.24) is 4.98 Å². The Labute approximate surface area is 301 Å². The Morgan fingerprint density at radius 2 is 1.20 bits per heavy atom. The van der Waals surface area contributed by atoms with Gasteiger partial charge in [0, 0.05) is 38.3 Å². The SMILES string of the molecule is CC1(C)c2ccccc2-c2cc(-c3ccccc3)c(N(c3ccc(-c4ccccc4)cc3)c3cncc4sc5c6ccccc6ccc5c34)cc21. The van der Waals surface area contributed by atoms with E-state index in [2.05, 4.69) is 183 Å². The number of thiophene rings is 1. The van der Waals surface area contributed by atoms with Gasteiger partial charge in [0.1, 0.15) is 0 Å². The third-order valence-electron chi connectivity index (χ3n) is 10.8. The molecular formula is C48H34N2S. The molecule has 0 spiro atoms. The third kappa shape index (κ3) is 4.66. The van der Waals surface area contributed by atoms with Crippen molar-refractivity contribution >= 4 is 59.3 Å². The maximum atomic E-state index is 4.93. The smallest absolute Gasteiger partial charge is 0.0738 e. The second-order valence-corrected chi connectivity index (χ2v) is 15.0. The van der Waals surface area contributed by atoms with Crippen molar-refractivity contribution < 1.29 is 0 Å². The summed E-state index contributed by atoms with van der Waals surface area (Å²) in [6.45, 7) is 4.73. The largest absolute Gasteiger partial charge is 0.308 e. The van der Waals surface area contributed by atoms with E-state index in [9.17, 15) is 0 Å². The lowest BCUT2D eigenvalue weighted by Gasteiger charge is -2.31. The fraction of sp³-hybridized carbons (Fsp3) is 0.0625. The Morgan fingerprint density at radius 1 is 0.510 bits per heavy atom. The Morgan fingerprint density at radius 3 is 2.00 bits per heavy atom. The molecule has 7 aromatic carbocycles. The van der Waals surface area contributed by atoms with Crippen LogP contribution >= 0.6 is 11.3 Å². The molecule has 0 N–H and O–H groups in total. The highest BCUT2D eigenvalue weighted by atomic mass is 32.1. The van der Waals surface area contributed by atoms with E-state index < -0.39 is 0 Å². The van der Waals surface area contributed by atoms with E-state index >= 15 is 0 Å². The van der Waals surface area contributed by atoms with E-state index in [4.69, 9.17) is 4.98 Å². The molecule has 0 amide bonds. The van der Waals surface area contributed by atoms with Crippen LogP contribution < -0.4 is 4.90 Å². The van der Waals surface area contributed by atoms with Gasteiger partial charge in [0.2, 0.25) is 0 Å². The molecule has 2 heterocycles. The molecule has 1 aliphatic carbocycles. The van der Waals surface area contributed by atoms with Crippen LogP contribution in [0.2, 0.25) is 0 Å². The normalized spacial score (nSPS) is 13.1. The average molecular weight is 671 g/mol. The molecule has 2 aromatic heterocycles. The minimum absolute atomic E-state index is 0.156. The van der Waals surface area contributed by atoms with Crippen molar-refractivity contribution in [2.24, 2.45) is 0 Å². The third-order valence-corrected chi connectivity index (χ3v) is 11.9. The standard InChI is InChI=1S/C48H34N2S/c1-48(2)41-20-12-11-19-37(41)40-27-39(33-15-7-4-8-16-33)43(28-42(40)48)50(35-24-21-32(22-25-35)31-13-5-3-6-14-31)44-29-49-30-45-46(44)38-26-23-34-17-9-10-18-36(34)47(38)51-45/h3-30H,1-2H3. The van der Waals surface area contributed by atoms with Gasteiger partial charge < -0.3 is 4.90 Å². The number of hydrogen-bond donors (Lipinski definition) is 0. The number of nitrogens with zero attached hydrogens (tertiary/aromatic N) is 2. The van der Waals surface area contributed by atoms with Crippen LogP contribution in [0, 0.1) is 0 Å². The zero-order valence-electron chi connectivity index (χ0n) is 28.5. The molecule has 0 atom stereocenters. The zero-order chi connectivity index (χ0) is 34.1. The summed E-state index contributed by atoms with van der Waals surface area (Å²) in [5, 5.41) is 5.02. The number of fused-ring (bicyclic) bond motifs is 8. The highest BCUT2D eigenvalue weighted by molar-refractivity contribution is 7.26. The molecule has 242 valence electrons. The zero-order valence-corrected chi connectivity index (χ0v) is 29.3. The lowest BCUT2D eigenvalue weighted by molar-refractivity contribution is 0.660. The maximum absolute atomic E-state index is 4.93. The van der Waals surface area contributed by atoms with E-state index in [-0.39, 0.29) is 5.41 Å². The molecule has 2 nitrogen and oxygen atoms in total. The Bertz CT molecular complexity index is 2760. The van der Waals surface area contributed by atoms with Gasteiger partial charge in [-0.25, -0.2) is 0 Å². The first kappa shape index (κ1) is 29.8. The van der Waals surface area contributed by atoms with Crippen molar-refractivity contribution in [2.45, 2.75) is 19.3 Å². The molecule has 51 heavy (non-hydrogen) atoms. The monoisotopic (exact) mass is 670 g/mol. The van der Waals surface area contributed by atoms with Crippen molar-refractivity contribution in [2.75, 3.05) is 4.90 Å². The van der Waals surface area contributed by atoms with Gasteiger partial charge >= 0.3 is 0 Å². The summed E-state index contributed by atoms with van der Waals surface area (Å²) in [4.78, 5) is 7.40. The Balaban J connectivity index is 1.29. The average Bonchev–Trinajstić information content (AvgIpc) is 3.68. The molecule has 0 unspecified atom stereocenters. The first-order chi connectivity index (χ1) is 25.1. The first-order valence-corrected chi connectivity index (χ1v) is 18.4. The lowest BCUT2D eigenvalue weighted by atomic mass is 9.81. The van der Waals surface area contributed by atoms with Crippen LogP contribution in [-0.2, 0) is 5.41 Å². The summed E-state index contributed by atoms with van der Waals surface area (Å²) < 4.78 is 2.48. The predicted molar refractivity (Wildman–Crippen MR) is 218 cm³/mol. The fourth-order valence-electron chi connectivity index (χ4n) is 8.22. The molecule has 10 rings (SSSR count). The quantitative estimate of drug-likeness (QED) is 0.181. The van der Waals surface area contributed by atoms with Crippen LogP contribution in [0.25, 0.3) is 64.3 Å². The lowest BCUT2D eigenvalue weighted by Crippen LogP contribution is -2.17. The summed E-state index contributed by atoms with van der Waals surface area (Å²) in [5.74, 6) is 0. The molecule has 9 aromatic rings. The van der Waals surface area contributed by atoms with E-state index in [1.165, 1.54) is 75.5 Å². The second-order valence-electron chi connectivity index (χ2n) is 14.0. The topological polar surface area (TPSA) is 16.1 Å². The summed E-state index contributed by atoms with van der Waals surface area (Å²) in [6, 6.07) is 57.6. The Kier molecular flexibility index (Phi) is 6.74. The number of anilines is 3. The van der Waals surface area contributed by atoms with Gasteiger partial charge in [0.15, 0.2) is 0 Å². The van der Waals surface area contributed by atoms with Crippen molar-refractivity contribution in [3.8, 4) is 33.4 Å². The van der Waals surface area contributed by atoms with Gasteiger partial charge in [0.05, 0.1) is 22.3 Å². The first-order valence-electron chi connectivity index (χ1n) is 17.5. The fourth-order valence-corrected chi connectivity index (χ4v) is 9.45. The number of hydrogen-bond acceptors (Lipinski definition) is 3. The van der Waals surface area contributed by atoms with Crippen molar-refractivity contribution in [3.05, 3.63) is 181 Å². The van der Waals surface area contributed by atoms with Crippen LogP contribution in [0.5, 0.6) is 0 Å². The highest BCUT2D eigenvalue weighted by Crippen LogP contribution is 2.54. The number of aromatic nitrogens is 1. The second kappa shape index (κ2) is 11.5. The van der Waals surface area contributed by atoms with E-state index in [0.717, 1.165) is 17.1 Å². The van der Waals surface area contributed by atoms with Gasteiger partial charge in [0.25, 0.3) is 0 Å². The molecule has 0 bridgehead atoms. The number of pyridine rings is 1. The predicted octanol–water partition coefficient (Wildman–Crippen LogP) is 13.7. The highest BCUT2D eigenvalue weighted by Gasteiger charge is 2.37. The van der Waals surface area contributed by atoms with Gasteiger partial charge in [-0.3, -0.25) is 4.98 Å². The number of benzene rings is 7. The van der Waals surface area contributed by atoms with Gasteiger partial charge in [-0.05, 0) is 74.0 Å². The van der Waals surface area contributed by atoms with E-state index in [0.29, 0.717) is 0 Å². The van der Waals surface area contributed by atoms with Gasteiger partial charge in [-0.1, -0.05) is 147 Å². The minimum Gasteiger partial charge on any atom is -0.308 e. The molecule has 0 radical (unpaired) electrons. The van der Waals surface area contributed by atoms with Crippen LogP contribution in [0.3, 0.4) is 0 Å². The van der Waals surface area contributed by atoms with Crippen LogP contribution in [-0.4, -0.2) is 4.98 Å². The molecule has 1 aliphatic rings. The number of rotatable bonds is 5. The van der Waals surface area contributed by atoms with Gasteiger partial charge in [-0.2, -0.15) is 0 Å². The molecule has 0 aliphatic heterocycles. The van der Waals surface area contributed by atoms with Gasteiger partial charge in [-0.15, -0.1) is 11.3 Å². The summed E-state index contributed by atoms with van der Waals surface area (Å²) in [7, 11) is 0. The van der Waals surface area contributed by atoms with E-state index in [1.54, 1.807) is 0 Å². The maximum Gasteiger partial charge on any atom is 0.0738 e. The molecule has 0 fully saturated rings. The van der Waals surface area contributed by atoms with Crippen LogP contribution in [0.4, 0.5) is 17.1 Å². The van der Waals surface area contributed by atoms with Crippen LogP contribution in [0.1, 0.15) is 25.0 Å². The Hall–Kier alpha value is -6.03. The molecule has 0 saturated heterocycles. The van der Waals surface area contributed by atoms with E-state index in [1.807, 2.05) is 17.5 Å². The summed E-state index contributed by atoms with van der Waals surface area (Å²) >= 11 is 1.84. The summed E-state index contributed by atoms with van der Waals surface area (Å²) in [5.41, 5.74) is 13.3. The molecule has 0 saturated carbocycles. The molecular weight excluding hydrogens is 637 g/mol. The summed E-state index contributed by atoms with van der Waals surface area (Å²) in [6.07, 6.45) is 4.10.